The molecule has 1 N–H and O–H groups in total. The highest BCUT2D eigenvalue weighted by Crippen LogP contribution is 2.13. The van der Waals surface area contributed by atoms with Crippen LogP contribution in [0, 0.1) is 0 Å². The first-order chi connectivity index (χ1) is 11.0. The number of hydrogen-bond acceptors (Lipinski definition) is 6. The normalized spacial score (nSPS) is 10.1. The summed E-state index contributed by atoms with van der Waals surface area (Å²) in [5.74, 6) is -0.936. The van der Waals surface area contributed by atoms with Crippen molar-refractivity contribution >= 4 is 11.9 Å². The van der Waals surface area contributed by atoms with Crippen LogP contribution in [-0.4, -0.2) is 28.1 Å². The van der Waals surface area contributed by atoms with Crippen LogP contribution >= 0.6 is 0 Å². The van der Waals surface area contributed by atoms with Gasteiger partial charge < -0.3 is 9.47 Å². The highest BCUT2D eigenvalue weighted by atomic mass is 16.5. The molecule has 8 heteroatoms. The highest BCUT2D eigenvalue weighted by molar-refractivity contribution is 5.89. The maximum absolute atomic E-state index is 11.8. The average molecular weight is 318 g/mol. The molecule has 0 bridgehead atoms. The maximum Gasteiger partial charge on any atom is 0.338 e. The lowest BCUT2D eigenvalue weighted by atomic mass is 10.2. The first-order valence-electron chi connectivity index (χ1n) is 6.77. The fourth-order valence-corrected chi connectivity index (χ4v) is 1.75. The first-order valence-corrected chi connectivity index (χ1v) is 6.77. The summed E-state index contributed by atoms with van der Waals surface area (Å²) in [5, 5.41) is 0. The molecule has 2 rings (SSSR count). The smallest absolute Gasteiger partial charge is 0.338 e. The molecule has 2 aromatic rings. The van der Waals surface area contributed by atoms with Crippen molar-refractivity contribution in [3.8, 4) is 5.75 Å². The van der Waals surface area contributed by atoms with Gasteiger partial charge in [0.05, 0.1) is 12.2 Å². The third-order valence-electron chi connectivity index (χ3n) is 2.79. The van der Waals surface area contributed by atoms with Crippen LogP contribution in [0.5, 0.6) is 5.75 Å². The molecule has 0 aliphatic heterocycles. The maximum atomic E-state index is 11.8. The minimum absolute atomic E-state index is 0.223. The van der Waals surface area contributed by atoms with Crippen LogP contribution in [0.2, 0.25) is 0 Å². The summed E-state index contributed by atoms with van der Waals surface area (Å²) in [7, 11) is 0. The van der Waals surface area contributed by atoms with Crippen molar-refractivity contribution in [3.05, 3.63) is 62.9 Å². The number of ether oxygens (including phenoxy) is 2. The van der Waals surface area contributed by atoms with E-state index in [1.54, 1.807) is 6.92 Å². The molecular weight excluding hydrogens is 304 g/mol. The van der Waals surface area contributed by atoms with E-state index in [4.69, 9.17) is 9.47 Å². The van der Waals surface area contributed by atoms with Gasteiger partial charge in [0.2, 0.25) is 0 Å². The second-order valence-electron chi connectivity index (χ2n) is 4.46. The fraction of sp³-hybridized carbons (Fsp3) is 0.200. The van der Waals surface area contributed by atoms with E-state index in [9.17, 15) is 19.2 Å². The minimum Gasteiger partial charge on any atom is -0.462 e. The molecule has 0 saturated heterocycles. The number of H-pyrrole nitrogens is 1. The molecule has 1 aromatic carbocycles. The summed E-state index contributed by atoms with van der Waals surface area (Å²) in [6.07, 6.45) is 1.20. The molecule has 8 nitrogen and oxygen atoms in total. The molecule has 0 amide bonds. The Bertz CT molecular complexity index is 819. The largest absolute Gasteiger partial charge is 0.462 e. The Kier molecular flexibility index (Phi) is 5.08. The number of nitrogens with zero attached hydrogens (tertiary/aromatic N) is 1. The third kappa shape index (κ3) is 4.40. The zero-order chi connectivity index (χ0) is 16.8. The lowest BCUT2D eigenvalue weighted by molar-refractivity contribution is -0.135. The molecule has 0 fully saturated rings. The average Bonchev–Trinajstić information content (AvgIpc) is 2.51. The van der Waals surface area contributed by atoms with Crippen molar-refractivity contribution < 1.29 is 19.1 Å². The summed E-state index contributed by atoms with van der Waals surface area (Å²) in [4.78, 5) is 47.7. The van der Waals surface area contributed by atoms with Crippen LogP contribution in [0.3, 0.4) is 0 Å². The predicted molar refractivity (Wildman–Crippen MR) is 79.4 cm³/mol. The Morgan fingerprint density at radius 3 is 2.43 bits per heavy atom. The number of rotatable bonds is 5. The quantitative estimate of drug-likeness (QED) is 0.628. The number of esters is 2. The van der Waals surface area contributed by atoms with E-state index < -0.39 is 23.2 Å². The Morgan fingerprint density at radius 2 is 1.83 bits per heavy atom. The van der Waals surface area contributed by atoms with Gasteiger partial charge in [-0.3, -0.25) is 14.3 Å². The van der Waals surface area contributed by atoms with Crippen LogP contribution in [0.25, 0.3) is 0 Å². The second-order valence-corrected chi connectivity index (χ2v) is 4.46. The summed E-state index contributed by atoms with van der Waals surface area (Å²) >= 11 is 0. The van der Waals surface area contributed by atoms with Crippen LogP contribution < -0.4 is 16.0 Å². The van der Waals surface area contributed by atoms with E-state index in [0.29, 0.717) is 5.56 Å². The lowest BCUT2D eigenvalue weighted by Crippen LogP contribution is -2.32. The van der Waals surface area contributed by atoms with Crippen molar-refractivity contribution in [2.24, 2.45) is 0 Å². The van der Waals surface area contributed by atoms with Gasteiger partial charge in [0.1, 0.15) is 12.3 Å². The number of carbonyl (C=O) groups is 2. The molecule has 1 aromatic heterocycles. The number of benzene rings is 1. The standard InChI is InChI=1S/C15H14N2O6/c1-2-22-14(20)10-3-5-11(6-4-10)23-13(19)9-17-8-7-12(18)16-15(17)21/h3-8H,2,9H2,1H3,(H,16,18,21). The molecular formula is C15H14N2O6. The van der Waals surface area contributed by atoms with Crippen LogP contribution in [-0.2, 0) is 16.1 Å². The summed E-state index contributed by atoms with van der Waals surface area (Å²) in [5.41, 5.74) is -0.912. The van der Waals surface area contributed by atoms with E-state index in [1.165, 1.54) is 30.5 Å². The fourth-order valence-electron chi connectivity index (χ4n) is 1.75. The molecule has 0 unspecified atom stereocenters. The van der Waals surface area contributed by atoms with E-state index in [0.717, 1.165) is 10.6 Å². The van der Waals surface area contributed by atoms with Crippen molar-refractivity contribution in [2.75, 3.05) is 6.61 Å². The number of aromatic amines is 1. The first kappa shape index (κ1) is 16.2. The van der Waals surface area contributed by atoms with Gasteiger partial charge in [0, 0.05) is 12.3 Å². The third-order valence-corrected chi connectivity index (χ3v) is 2.79. The van der Waals surface area contributed by atoms with Gasteiger partial charge in [-0.2, -0.15) is 0 Å². The Morgan fingerprint density at radius 1 is 1.13 bits per heavy atom. The van der Waals surface area contributed by atoms with Gasteiger partial charge >= 0.3 is 17.6 Å². The zero-order valence-electron chi connectivity index (χ0n) is 12.3. The van der Waals surface area contributed by atoms with Gasteiger partial charge in [0.15, 0.2) is 0 Å². The molecule has 120 valence electrons. The molecule has 0 spiro atoms. The number of aromatic nitrogens is 2. The minimum atomic E-state index is -0.702. The molecule has 0 saturated carbocycles. The molecule has 0 atom stereocenters. The Balaban J connectivity index is 2.01. The van der Waals surface area contributed by atoms with E-state index in [-0.39, 0.29) is 18.9 Å². The van der Waals surface area contributed by atoms with Gasteiger partial charge in [-0.25, -0.2) is 14.4 Å². The summed E-state index contributed by atoms with van der Waals surface area (Å²) < 4.78 is 10.9. The zero-order valence-corrected chi connectivity index (χ0v) is 12.3. The second kappa shape index (κ2) is 7.21. The van der Waals surface area contributed by atoms with E-state index in [2.05, 4.69) is 0 Å². The molecule has 0 aliphatic rings. The monoisotopic (exact) mass is 318 g/mol. The van der Waals surface area contributed by atoms with E-state index >= 15 is 0 Å². The van der Waals surface area contributed by atoms with Crippen LogP contribution in [0.15, 0.2) is 46.1 Å². The van der Waals surface area contributed by atoms with Crippen LogP contribution in [0.4, 0.5) is 0 Å². The molecule has 23 heavy (non-hydrogen) atoms. The van der Waals surface area contributed by atoms with Gasteiger partial charge in [-0.05, 0) is 31.2 Å². The van der Waals surface area contributed by atoms with Crippen molar-refractivity contribution in [1.29, 1.82) is 0 Å². The molecule has 1 heterocycles. The van der Waals surface area contributed by atoms with Gasteiger partial charge in [-0.1, -0.05) is 0 Å². The number of hydrogen-bond donors (Lipinski definition) is 1. The molecule has 0 radical (unpaired) electrons. The Hall–Kier alpha value is -3.16. The summed E-state index contributed by atoms with van der Waals surface area (Å²) in [6, 6.07) is 6.95. The number of carbonyl (C=O) groups excluding carboxylic acids is 2. The highest BCUT2D eigenvalue weighted by Gasteiger charge is 2.10. The topological polar surface area (TPSA) is 107 Å². The molecule has 0 aliphatic carbocycles. The van der Waals surface area contributed by atoms with Gasteiger partial charge in [-0.15, -0.1) is 0 Å². The number of nitrogens with one attached hydrogen (secondary N) is 1. The Labute approximate surface area is 130 Å². The SMILES string of the molecule is CCOC(=O)c1ccc(OC(=O)Cn2ccc(=O)[nH]c2=O)cc1. The lowest BCUT2D eigenvalue weighted by Gasteiger charge is -2.07. The van der Waals surface area contributed by atoms with Gasteiger partial charge in [0.25, 0.3) is 5.56 Å². The predicted octanol–water partition coefficient (Wildman–Crippen LogP) is 0.319. The van der Waals surface area contributed by atoms with Crippen LogP contribution in [0.1, 0.15) is 17.3 Å². The summed E-state index contributed by atoms with van der Waals surface area (Å²) in [6.45, 7) is 1.62. The van der Waals surface area contributed by atoms with E-state index in [1.807, 2.05) is 4.98 Å². The van der Waals surface area contributed by atoms with Crippen molar-refractivity contribution in [3.63, 3.8) is 0 Å². The van der Waals surface area contributed by atoms with Crippen molar-refractivity contribution in [2.45, 2.75) is 13.5 Å². The van der Waals surface area contributed by atoms with Crippen molar-refractivity contribution in [1.82, 2.24) is 9.55 Å².